The molecule has 2 saturated heterocycles. The van der Waals surface area contributed by atoms with Crippen molar-refractivity contribution in [2.24, 2.45) is 0 Å². The fraction of sp³-hybridized carbons (Fsp3) is 0.519. The van der Waals surface area contributed by atoms with Crippen molar-refractivity contribution in [3.8, 4) is 0 Å². The average molecular weight is 451 g/mol. The molecule has 0 aromatic heterocycles. The van der Waals surface area contributed by atoms with Gasteiger partial charge in [0.05, 0.1) is 13.0 Å². The van der Waals surface area contributed by atoms with Crippen LogP contribution in [0.2, 0.25) is 0 Å². The van der Waals surface area contributed by atoms with Crippen LogP contribution in [-0.4, -0.2) is 47.4 Å². The SMILES string of the molecule is CCOC(=O)C[C@@H]1CCCCN1C(=O)CC[C@]1(Cc2ccc3ccccc3c2)CCC(=O)N1. The van der Waals surface area contributed by atoms with Crippen LogP contribution in [0, 0.1) is 0 Å². The Kier molecular flexibility index (Phi) is 7.31. The Balaban J connectivity index is 1.44. The van der Waals surface area contributed by atoms with E-state index in [2.05, 4.69) is 35.6 Å². The minimum absolute atomic E-state index is 0.0569. The third kappa shape index (κ3) is 5.73. The quantitative estimate of drug-likeness (QED) is 0.613. The molecule has 0 spiro atoms. The molecule has 0 aliphatic carbocycles. The molecule has 4 rings (SSSR count). The Labute approximate surface area is 195 Å². The third-order valence-corrected chi connectivity index (χ3v) is 7.06. The first-order valence-corrected chi connectivity index (χ1v) is 12.2. The van der Waals surface area contributed by atoms with Gasteiger partial charge in [-0.25, -0.2) is 0 Å². The average Bonchev–Trinajstić information content (AvgIpc) is 3.18. The molecule has 33 heavy (non-hydrogen) atoms. The zero-order valence-corrected chi connectivity index (χ0v) is 19.5. The number of nitrogens with zero attached hydrogens (tertiary/aromatic N) is 1. The van der Waals surface area contributed by atoms with Gasteiger partial charge < -0.3 is 15.0 Å². The molecule has 6 heteroatoms. The Hall–Kier alpha value is -2.89. The number of carbonyl (C=O) groups is 3. The highest BCUT2D eigenvalue weighted by Crippen LogP contribution is 2.32. The third-order valence-electron chi connectivity index (χ3n) is 7.06. The van der Waals surface area contributed by atoms with Crippen molar-refractivity contribution in [2.45, 2.75) is 76.3 Å². The minimum Gasteiger partial charge on any atom is -0.466 e. The van der Waals surface area contributed by atoms with Gasteiger partial charge in [0.25, 0.3) is 0 Å². The number of esters is 1. The van der Waals surface area contributed by atoms with Gasteiger partial charge in [-0.05, 0) is 61.8 Å². The first-order chi connectivity index (χ1) is 16.0. The van der Waals surface area contributed by atoms with Gasteiger partial charge in [-0.1, -0.05) is 42.5 Å². The number of benzene rings is 2. The lowest BCUT2D eigenvalue weighted by Crippen LogP contribution is -2.47. The molecular formula is C27H34N2O4. The lowest BCUT2D eigenvalue weighted by atomic mass is 9.84. The maximum absolute atomic E-state index is 13.2. The number of amides is 2. The summed E-state index contributed by atoms with van der Waals surface area (Å²) < 4.78 is 5.11. The van der Waals surface area contributed by atoms with Gasteiger partial charge in [-0.15, -0.1) is 0 Å². The molecule has 6 nitrogen and oxygen atoms in total. The number of hydrogen-bond donors (Lipinski definition) is 1. The molecule has 2 heterocycles. The van der Waals surface area contributed by atoms with Crippen LogP contribution in [0.4, 0.5) is 0 Å². The molecule has 2 aromatic rings. The molecule has 0 radical (unpaired) electrons. The number of likely N-dealkylation sites (tertiary alicyclic amines) is 1. The number of nitrogens with one attached hydrogen (secondary N) is 1. The summed E-state index contributed by atoms with van der Waals surface area (Å²) in [7, 11) is 0. The van der Waals surface area contributed by atoms with Crippen molar-refractivity contribution in [3.63, 3.8) is 0 Å². The summed E-state index contributed by atoms with van der Waals surface area (Å²) in [6.07, 6.45) is 6.00. The molecule has 0 bridgehead atoms. The van der Waals surface area contributed by atoms with E-state index in [-0.39, 0.29) is 30.2 Å². The van der Waals surface area contributed by atoms with E-state index < -0.39 is 5.54 Å². The monoisotopic (exact) mass is 450 g/mol. The summed E-state index contributed by atoms with van der Waals surface area (Å²) in [4.78, 5) is 39.3. The zero-order valence-electron chi connectivity index (χ0n) is 19.5. The van der Waals surface area contributed by atoms with Crippen molar-refractivity contribution in [1.82, 2.24) is 10.2 Å². The van der Waals surface area contributed by atoms with E-state index in [1.165, 1.54) is 16.3 Å². The van der Waals surface area contributed by atoms with Crippen LogP contribution >= 0.6 is 0 Å². The van der Waals surface area contributed by atoms with E-state index in [1.807, 2.05) is 17.0 Å². The van der Waals surface area contributed by atoms with Gasteiger partial charge in [-0.2, -0.15) is 0 Å². The summed E-state index contributed by atoms with van der Waals surface area (Å²) >= 11 is 0. The highest BCUT2D eigenvalue weighted by molar-refractivity contribution is 5.83. The summed E-state index contributed by atoms with van der Waals surface area (Å²) in [5.41, 5.74) is 0.767. The van der Waals surface area contributed by atoms with E-state index in [9.17, 15) is 14.4 Å². The van der Waals surface area contributed by atoms with Gasteiger partial charge >= 0.3 is 5.97 Å². The highest BCUT2D eigenvalue weighted by atomic mass is 16.5. The van der Waals surface area contributed by atoms with Crippen LogP contribution in [0.3, 0.4) is 0 Å². The van der Waals surface area contributed by atoms with E-state index >= 15 is 0 Å². The number of fused-ring (bicyclic) bond motifs is 1. The molecule has 2 amide bonds. The molecule has 2 fully saturated rings. The van der Waals surface area contributed by atoms with Gasteiger partial charge in [0.2, 0.25) is 11.8 Å². The van der Waals surface area contributed by atoms with Crippen LogP contribution in [0.15, 0.2) is 42.5 Å². The normalized spacial score (nSPS) is 22.9. The predicted octanol–water partition coefficient (Wildman–Crippen LogP) is 4.15. The second-order valence-corrected chi connectivity index (χ2v) is 9.43. The minimum atomic E-state index is -0.401. The van der Waals surface area contributed by atoms with Gasteiger partial charge in [0, 0.05) is 31.0 Å². The topological polar surface area (TPSA) is 75.7 Å². The Bertz CT molecular complexity index is 1020. The van der Waals surface area contributed by atoms with Crippen molar-refractivity contribution in [1.29, 1.82) is 0 Å². The van der Waals surface area contributed by atoms with E-state index in [1.54, 1.807) is 6.92 Å². The summed E-state index contributed by atoms with van der Waals surface area (Å²) in [6.45, 7) is 2.84. The molecule has 2 aromatic carbocycles. The van der Waals surface area contributed by atoms with Crippen molar-refractivity contribution >= 4 is 28.6 Å². The smallest absolute Gasteiger partial charge is 0.307 e. The fourth-order valence-corrected chi connectivity index (χ4v) is 5.36. The van der Waals surface area contributed by atoms with E-state index in [4.69, 9.17) is 4.74 Å². The fourth-order valence-electron chi connectivity index (χ4n) is 5.36. The second kappa shape index (κ2) is 10.4. The van der Waals surface area contributed by atoms with Crippen molar-refractivity contribution in [2.75, 3.05) is 13.2 Å². The molecule has 2 aliphatic heterocycles. The largest absolute Gasteiger partial charge is 0.466 e. The Morgan fingerprint density at radius 1 is 1.15 bits per heavy atom. The molecule has 0 saturated carbocycles. The van der Waals surface area contributed by atoms with Crippen LogP contribution in [0.25, 0.3) is 10.8 Å². The highest BCUT2D eigenvalue weighted by Gasteiger charge is 2.39. The molecule has 2 aliphatic rings. The van der Waals surface area contributed by atoms with Crippen LogP contribution < -0.4 is 5.32 Å². The van der Waals surface area contributed by atoms with Crippen LogP contribution in [0.5, 0.6) is 0 Å². The summed E-state index contributed by atoms with van der Waals surface area (Å²) in [5.74, 6) is -0.109. The van der Waals surface area contributed by atoms with E-state index in [0.29, 0.717) is 38.8 Å². The molecule has 176 valence electrons. The summed E-state index contributed by atoms with van der Waals surface area (Å²) in [5, 5.41) is 5.57. The zero-order chi connectivity index (χ0) is 23.3. The number of ether oxygens (including phenoxy) is 1. The van der Waals surface area contributed by atoms with Gasteiger partial charge in [-0.3, -0.25) is 14.4 Å². The maximum atomic E-state index is 13.2. The number of hydrogen-bond acceptors (Lipinski definition) is 4. The summed E-state index contributed by atoms with van der Waals surface area (Å²) in [6, 6.07) is 14.6. The predicted molar refractivity (Wildman–Crippen MR) is 128 cm³/mol. The van der Waals surface area contributed by atoms with Gasteiger partial charge in [0.15, 0.2) is 0 Å². The lowest BCUT2D eigenvalue weighted by Gasteiger charge is -2.36. The maximum Gasteiger partial charge on any atom is 0.307 e. The van der Waals surface area contributed by atoms with Crippen LogP contribution in [0.1, 0.15) is 63.9 Å². The Morgan fingerprint density at radius 2 is 1.97 bits per heavy atom. The standard InChI is InChI=1S/C27H34N2O4/c1-2-33-26(32)18-23-9-5-6-16-29(23)25(31)13-15-27(14-12-24(30)28-27)19-20-10-11-21-7-3-4-8-22(21)17-20/h3-4,7-8,10-11,17,23H,2,5-6,9,12-16,18-19H2,1H3,(H,28,30)/t23-,27-/m0/s1. The van der Waals surface area contributed by atoms with Crippen LogP contribution in [-0.2, 0) is 25.5 Å². The van der Waals surface area contributed by atoms with Gasteiger partial charge in [0.1, 0.15) is 0 Å². The van der Waals surface area contributed by atoms with E-state index in [0.717, 1.165) is 25.7 Å². The number of carbonyl (C=O) groups excluding carboxylic acids is 3. The first-order valence-electron chi connectivity index (χ1n) is 12.2. The van der Waals surface area contributed by atoms with Crippen molar-refractivity contribution in [3.05, 3.63) is 48.0 Å². The molecule has 2 atom stereocenters. The second-order valence-electron chi connectivity index (χ2n) is 9.43. The number of piperidine rings is 1. The molecule has 0 unspecified atom stereocenters. The Morgan fingerprint density at radius 3 is 2.73 bits per heavy atom. The first kappa shape index (κ1) is 23.3. The van der Waals surface area contributed by atoms with Crippen molar-refractivity contribution < 1.29 is 19.1 Å². The lowest BCUT2D eigenvalue weighted by molar-refractivity contribution is -0.146. The number of rotatable bonds is 8. The molecule has 1 N–H and O–H groups in total. The molecular weight excluding hydrogens is 416 g/mol.